The third-order valence-corrected chi connectivity index (χ3v) is 5.81. The van der Waals surface area contributed by atoms with Crippen LogP contribution in [0.2, 0.25) is 0 Å². The van der Waals surface area contributed by atoms with Gasteiger partial charge < -0.3 is 4.74 Å². The standard InChI is InChI=1S/C26H23N3O2/c1-31-26-23(20-15-9-4-10-16-20)28-22(19-13-7-3-8-14-19)24-27-21(25(30)29(24)26)17-18-11-5-2-6-12-18/h2-16,21-22,26H,17H2,1H3/p+1. The van der Waals surface area contributed by atoms with E-state index in [4.69, 9.17) is 9.73 Å². The maximum absolute atomic E-state index is 13.6. The highest BCUT2D eigenvalue weighted by atomic mass is 16.5. The van der Waals surface area contributed by atoms with E-state index in [1.807, 2.05) is 78.9 Å². The van der Waals surface area contributed by atoms with Crippen LogP contribution in [0.25, 0.3) is 0 Å². The number of nitrogens with zero attached hydrogens (tertiary/aromatic N) is 2. The summed E-state index contributed by atoms with van der Waals surface area (Å²) in [6.45, 7) is 0. The number of hydrogen-bond acceptors (Lipinski definition) is 3. The maximum atomic E-state index is 13.6. The van der Waals surface area contributed by atoms with Gasteiger partial charge in [0, 0.05) is 24.7 Å². The quantitative estimate of drug-likeness (QED) is 0.701. The minimum absolute atomic E-state index is 0.0263. The molecule has 2 aliphatic heterocycles. The van der Waals surface area contributed by atoms with Gasteiger partial charge in [0.1, 0.15) is 6.04 Å². The minimum Gasteiger partial charge on any atom is -0.352 e. The summed E-state index contributed by atoms with van der Waals surface area (Å²) in [5.74, 6) is 0.685. The number of ether oxygens (including phenoxy) is 1. The Morgan fingerprint density at radius 2 is 1.52 bits per heavy atom. The topological polar surface area (TPSA) is 55.9 Å². The Labute approximate surface area is 181 Å². The summed E-state index contributed by atoms with van der Waals surface area (Å²) in [7, 11) is 1.63. The van der Waals surface area contributed by atoms with Crippen molar-refractivity contribution < 1.29 is 14.5 Å². The van der Waals surface area contributed by atoms with E-state index in [1.165, 1.54) is 0 Å². The minimum atomic E-state index is -0.547. The number of fused-ring (bicyclic) bond motifs is 1. The van der Waals surface area contributed by atoms with Crippen molar-refractivity contribution in [3.05, 3.63) is 108 Å². The zero-order chi connectivity index (χ0) is 21.2. The van der Waals surface area contributed by atoms with Gasteiger partial charge in [-0.1, -0.05) is 78.9 Å². The average Bonchev–Trinajstić information content (AvgIpc) is 3.15. The second-order valence-corrected chi connectivity index (χ2v) is 7.76. The monoisotopic (exact) mass is 410 g/mol. The van der Waals surface area contributed by atoms with Gasteiger partial charge >= 0.3 is 0 Å². The first kappa shape index (κ1) is 19.4. The van der Waals surface area contributed by atoms with E-state index in [-0.39, 0.29) is 11.9 Å². The summed E-state index contributed by atoms with van der Waals surface area (Å²) in [6.07, 6.45) is 0.0209. The van der Waals surface area contributed by atoms with Crippen LogP contribution in [-0.4, -0.2) is 41.7 Å². The molecule has 2 aliphatic rings. The first-order valence-corrected chi connectivity index (χ1v) is 10.5. The number of aliphatic imine (C=N–C) groups is 1. The normalized spacial score (nSPS) is 22.7. The first-order chi connectivity index (χ1) is 15.3. The van der Waals surface area contributed by atoms with Crippen molar-refractivity contribution in [3.8, 4) is 0 Å². The molecule has 3 aromatic carbocycles. The lowest BCUT2D eigenvalue weighted by atomic mass is 9.99. The predicted octanol–water partition coefficient (Wildman–Crippen LogP) is 2.14. The van der Waals surface area contributed by atoms with E-state index in [0.717, 1.165) is 22.4 Å². The number of nitrogens with one attached hydrogen (secondary N) is 1. The summed E-state index contributed by atoms with van der Waals surface area (Å²) >= 11 is 0. The van der Waals surface area contributed by atoms with Crippen molar-refractivity contribution in [2.24, 2.45) is 4.99 Å². The number of carbonyl (C=O) groups is 1. The number of methoxy groups -OCH3 is 1. The van der Waals surface area contributed by atoms with Crippen LogP contribution in [0.1, 0.15) is 22.7 Å². The van der Waals surface area contributed by atoms with E-state index < -0.39 is 12.3 Å². The molecule has 1 N–H and O–H groups in total. The number of hydrogen-bond donors (Lipinski definition) is 1. The molecule has 3 unspecified atom stereocenters. The highest BCUT2D eigenvalue weighted by Crippen LogP contribution is 2.28. The molecule has 1 amide bonds. The first-order valence-electron chi connectivity index (χ1n) is 10.5. The maximum Gasteiger partial charge on any atom is 0.255 e. The van der Waals surface area contributed by atoms with Gasteiger partial charge in [-0.2, -0.15) is 0 Å². The second-order valence-electron chi connectivity index (χ2n) is 7.76. The van der Waals surface area contributed by atoms with Gasteiger partial charge in [-0.05, 0) is 17.7 Å². The molecule has 5 heteroatoms. The lowest BCUT2D eigenvalue weighted by Crippen LogP contribution is -2.85. The van der Waals surface area contributed by atoms with E-state index in [2.05, 4.69) is 17.1 Å². The van der Waals surface area contributed by atoms with Crippen molar-refractivity contribution in [3.63, 3.8) is 0 Å². The van der Waals surface area contributed by atoms with Crippen molar-refractivity contribution in [2.75, 3.05) is 7.11 Å². The summed E-state index contributed by atoms with van der Waals surface area (Å²) in [5.41, 5.74) is 4.01. The Hall–Kier alpha value is -3.57. The number of rotatable bonds is 5. The van der Waals surface area contributed by atoms with Crippen LogP contribution < -0.4 is 4.99 Å². The lowest BCUT2D eigenvalue weighted by Gasteiger charge is -2.32. The third kappa shape index (κ3) is 3.57. The number of carbonyl (C=O) groups excluding carboxylic acids is 1. The van der Waals surface area contributed by atoms with Crippen molar-refractivity contribution >= 4 is 17.5 Å². The third-order valence-electron chi connectivity index (χ3n) is 5.81. The van der Waals surface area contributed by atoms with Gasteiger partial charge in [0.25, 0.3) is 5.91 Å². The molecule has 3 atom stereocenters. The molecular formula is C26H24N3O2+. The summed E-state index contributed by atoms with van der Waals surface area (Å²) < 4.78 is 5.85. The van der Waals surface area contributed by atoms with Crippen molar-refractivity contribution in [1.29, 1.82) is 0 Å². The van der Waals surface area contributed by atoms with Crippen LogP contribution in [0.3, 0.4) is 0 Å². The molecular weight excluding hydrogens is 386 g/mol. The van der Waals surface area contributed by atoms with Crippen LogP contribution in [0, 0.1) is 0 Å². The molecule has 0 aliphatic carbocycles. The molecule has 2 heterocycles. The van der Waals surface area contributed by atoms with Crippen LogP contribution >= 0.6 is 0 Å². The van der Waals surface area contributed by atoms with E-state index in [9.17, 15) is 4.79 Å². The van der Waals surface area contributed by atoms with E-state index in [0.29, 0.717) is 12.3 Å². The van der Waals surface area contributed by atoms with Crippen LogP contribution in [0.4, 0.5) is 0 Å². The largest absolute Gasteiger partial charge is 0.352 e. The average molecular weight is 410 g/mol. The summed E-state index contributed by atoms with van der Waals surface area (Å²) in [6, 6.07) is 29.5. The highest BCUT2D eigenvalue weighted by Gasteiger charge is 2.51. The van der Waals surface area contributed by atoms with Crippen molar-refractivity contribution in [1.82, 2.24) is 4.90 Å². The molecule has 0 saturated heterocycles. The fraction of sp³-hybridized carbons (Fsp3) is 0.192. The highest BCUT2D eigenvalue weighted by molar-refractivity contribution is 6.14. The number of amides is 1. The van der Waals surface area contributed by atoms with E-state index >= 15 is 0 Å². The molecule has 5 rings (SSSR count). The number of benzene rings is 3. The molecule has 3 aromatic rings. The predicted molar refractivity (Wildman–Crippen MR) is 120 cm³/mol. The fourth-order valence-electron chi connectivity index (χ4n) is 4.34. The Kier molecular flexibility index (Phi) is 5.18. The smallest absolute Gasteiger partial charge is 0.255 e. The van der Waals surface area contributed by atoms with Crippen LogP contribution in [-0.2, 0) is 16.0 Å². The zero-order valence-corrected chi connectivity index (χ0v) is 17.3. The van der Waals surface area contributed by atoms with Crippen LogP contribution in [0.15, 0.2) is 96.0 Å². The SMILES string of the molecule is COC1C(c2ccccc2)=[NH+]C(c2ccccc2)C2=NC(Cc3ccccc3)C(=O)N21. The lowest BCUT2D eigenvalue weighted by molar-refractivity contribution is -0.497. The molecule has 154 valence electrons. The van der Waals surface area contributed by atoms with E-state index in [1.54, 1.807) is 12.0 Å². The number of amidine groups is 1. The molecule has 0 bridgehead atoms. The molecule has 31 heavy (non-hydrogen) atoms. The molecule has 0 aromatic heterocycles. The molecule has 0 fully saturated rings. The molecule has 5 nitrogen and oxygen atoms in total. The molecule has 0 spiro atoms. The Bertz CT molecular complexity index is 1130. The van der Waals surface area contributed by atoms with Gasteiger partial charge in [0.05, 0.1) is 0 Å². The van der Waals surface area contributed by atoms with Gasteiger partial charge in [-0.25, -0.2) is 4.99 Å². The fourth-order valence-corrected chi connectivity index (χ4v) is 4.34. The zero-order valence-electron chi connectivity index (χ0n) is 17.3. The van der Waals surface area contributed by atoms with Gasteiger partial charge in [-0.3, -0.25) is 14.7 Å². The summed E-state index contributed by atoms with van der Waals surface area (Å²) in [5, 5.41) is 0. The van der Waals surface area contributed by atoms with Crippen molar-refractivity contribution in [2.45, 2.75) is 24.7 Å². The Morgan fingerprint density at radius 3 is 2.16 bits per heavy atom. The Balaban J connectivity index is 1.60. The summed E-state index contributed by atoms with van der Waals surface area (Å²) in [4.78, 5) is 23.8. The molecule has 0 saturated carbocycles. The second kappa shape index (κ2) is 8.28. The van der Waals surface area contributed by atoms with Gasteiger partial charge in [-0.15, -0.1) is 0 Å². The Morgan fingerprint density at radius 1 is 0.903 bits per heavy atom. The molecule has 0 radical (unpaired) electrons. The van der Waals surface area contributed by atoms with Gasteiger partial charge in [0.15, 0.2) is 5.84 Å². The van der Waals surface area contributed by atoms with Crippen LogP contribution in [0.5, 0.6) is 0 Å². The van der Waals surface area contributed by atoms with Gasteiger partial charge in [0.2, 0.25) is 18.0 Å².